The molecule has 11 heteroatoms. The van der Waals surface area contributed by atoms with Crippen LogP contribution in [-0.2, 0) is 19.6 Å². The molecule has 3 aromatic rings. The summed E-state index contributed by atoms with van der Waals surface area (Å²) < 4.78 is 37.8. The van der Waals surface area contributed by atoms with Crippen molar-refractivity contribution in [1.82, 2.24) is 5.16 Å². The summed E-state index contributed by atoms with van der Waals surface area (Å²) in [5.74, 6) is -0.337. The first kappa shape index (κ1) is 22.3. The largest absolute Gasteiger partial charge is 0.423 e. The van der Waals surface area contributed by atoms with E-state index < -0.39 is 16.0 Å². The molecule has 0 spiro atoms. The zero-order valence-electron chi connectivity index (χ0n) is 18.2. The van der Waals surface area contributed by atoms with Crippen LogP contribution in [0.3, 0.4) is 0 Å². The van der Waals surface area contributed by atoms with E-state index in [9.17, 15) is 18.0 Å². The fraction of sp³-hybridized carbons (Fsp3) is 0.227. The lowest BCUT2D eigenvalue weighted by Gasteiger charge is -2.29. The molecule has 0 atom stereocenters. The van der Waals surface area contributed by atoms with E-state index in [0.717, 1.165) is 5.56 Å². The highest BCUT2D eigenvalue weighted by Crippen LogP contribution is 2.32. The number of nitrogens with one attached hydrogen (secondary N) is 2. The summed E-state index contributed by atoms with van der Waals surface area (Å²) >= 11 is 0. The minimum absolute atomic E-state index is 0.00275. The number of benzene rings is 2. The number of anilines is 3. The molecule has 2 aromatic carbocycles. The van der Waals surface area contributed by atoms with E-state index in [1.54, 1.807) is 30.9 Å². The fourth-order valence-corrected chi connectivity index (χ4v) is 4.33. The molecule has 0 saturated heterocycles. The van der Waals surface area contributed by atoms with Crippen molar-refractivity contribution >= 4 is 39.2 Å². The van der Waals surface area contributed by atoms with Gasteiger partial charge in [-0.05, 0) is 62.7 Å². The maximum atomic E-state index is 12.6. The molecule has 2 N–H and O–H groups in total. The van der Waals surface area contributed by atoms with E-state index in [1.807, 2.05) is 13.0 Å². The highest BCUT2D eigenvalue weighted by molar-refractivity contribution is 7.92. The van der Waals surface area contributed by atoms with Crippen molar-refractivity contribution in [1.29, 1.82) is 0 Å². The van der Waals surface area contributed by atoms with Gasteiger partial charge < -0.3 is 19.5 Å². The van der Waals surface area contributed by atoms with Crippen LogP contribution < -0.4 is 19.7 Å². The second kappa shape index (κ2) is 8.58. The van der Waals surface area contributed by atoms with Crippen molar-refractivity contribution in [2.45, 2.75) is 25.7 Å². The Kier molecular flexibility index (Phi) is 5.81. The number of fused-ring (bicyclic) bond motifs is 1. The molecule has 1 amide bonds. The van der Waals surface area contributed by atoms with Gasteiger partial charge in [0, 0.05) is 11.3 Å². The lowest BCUT2D eigenvalue weighted by Crippen LogP contribution is -2.41. The first-order valence-corrected chi connectivity index (χ1v) is 11.5. The van der Waals surface area contributed by atoms with Crippen molar-refractivity contribution in [2.75, 3.05) is 28.0 Å². The molecule has 2 heterocycles. The van der Waals surface area contributed by atoms with E-state index in [2.05, 4.69) is 15.2 Å². The molecule has 4 rings (SSSR count). The van der Waals surface area contributed by atoms with E-state index >= 15 is 0 Å². The smallest absolute Gasteiger partial charge is 0.331 e. The molecule has 0 aliphatic carbocycles. The van der Waals surface area contributed by atoms with Crippen LogP contribution >= 0.6 is 0 Å². The van der Waals surface area contributed by atoms with Gasteiger partial charge in [0.25, 0.3) is 10.0 Å². The SMILES string of the molecule is Cc1ccc2c(c1)OC(=O)CN2CC(=O)Nc1ccc(S(=O)(=O)Nc2onc(C)c2C)cc1. The Morgan fingerprint density at radius 3 is 2.52 bits per heavy atom. The Bertz CT molecular complexity index is 1330. The number of nitrogens with zero attached hydrogens (tertiary/aromatic N) is 2. The van der Waals surface area contributed by atoms with Crippen LogP contribution in [0.4, 0.5) is 17.3 Å². The zero-order chi connectivity index (χ0) is 23.8. The number of carbonyl (C=O) groups is 2. The number of sulfonamides is 1. The maximum absolute atomic E-state index is 12.6. The molecular formula is C22H22N4O6S. The van der Waals surface area contributed by atoms with Crippen molar-refractivity contribution in [3.8, 4) is 5.75 Å². The second-order valence-electron chi connectivity index (χ2n) is 7.70. The Morgan fingerprint density at radius 1 is 1.12 bits per heavy atom. The first-order valence-electron chi connectivity index (χ1n) is 10.0. The third-order valence-electron chi connectivity index (χ3n) is 5.17. The van der Waals surface area contributed by atoms with Gasteiger partial charge in [0.05, 0.1) is 22.8 Å². The third-order valence-corrected chi connectivity index (χ3v) is 6.51. The Balaban J connectivity index is 1.43. The number of hydrogen-bond acceptors (Lipinski definition) is 8. The van der Waals surface area contributed by atoms with Gasteiger partial charge in [0.15, 0.2) is 5.75 Å². The highest BCUT2D eigenvalue weighted by Gasteiger charge is 2.26. The lowest BCUT2D eigenvalue weighted by molar-refractivity contribution is -0.133. The van der Waals surface area contributed by atoms with E-state index in [1.165, 1.54) is 24.3 Å². The second-order valence-corrected chi connectivity index (χ2v) is 9.38. The molecular weight excluding hydrogens is 448 g/mol. The number of carbonyl (C=O) groups excluding carboxylic acids is 2. The van der Waals surface area contributed by atoms with Gasteiger partial charge in [0.2, 0.25) is 11.8 Å². The number of hydrogen-bond donors (Lipinski definition) is 2. The van der Waals surface area contributed by atoms with Crippen LogP contribution in [0.15, 0.2) is 51.9 Å². The Labute approximate surface area is 190 Å². The van der Waals surface area contributed by atoms with Crippen LogP contribution in [0.1, 0.15) is 16.8 Å². The number of aromatic nitrogens is 1. The van der Waals surface area contributed by atoms with Gasteiger partial charge in [-0.25, -0.2) is 17.9 Å². The Morgan fingerprint density at radius 2 is 1.85 bits per heavy atom. The molecule has 0 unspecified atom stereocenters. The van der Waals surface area contributed by atoms with Gasteiger partial charge in [-0.15, -0.1) is 0 Å². The normalized spacial score (nSPS) is 13.3. The summed E-state index contributed by atoms with van der Waals surface area (Å²) in [6.45, 7) is 5.17. The summed E-state index contributed by atoms with van der Waals surface area (Å²) in [6, 6.07) is 11.1. The molecule has 1 aromatic heterocycles. The molecule has 172 valence electrons. The lowest BCUT2D eigenvalue weighted by atomic mass is 10.1. The maximum Gasteiger partial charge on any atom is 0.331 e. The summed E-state index contributed by atoms with van der Waals surface area (Å²) in [6.07, 6.45) is 0. The molecule has 10 nitrogen and oxygen atoms in total. The van der Waals surface area contributed by atoms with Crippen LogP contribution in [0.25, 0.3) is 0 Å². The summed E-state index contributed by atoms with van der Waals surface area (Å²) in [4.78, 5) is 26.1. The van der Waals surface area contributed by atoms with E-state index in [4.69, 9.17) is 9.26 Å². The van der Waals surface area contributed by atoms with Gasteiger partial charge >= 0.3 is 5.97 Å². The molecule has 1 aliphatic heterocycles. The predicted octanol–water partition coefficient (Wildman–Crippen LogP) is 2.76. The molecule has 33 heavy (non-hydrogen) atoms. The number of aryl methyl sites for hydroxylation is 2. The van der Waals surface area contributed by atoms with Crippen LogP contribution in [0.2, 0.25) is 0 Å². The average molecular weight is 471 g/mol. The quantitative estimate of drug-likeness (QED) is 0.415. The van der Waals surface area contributed by atoms with E-state index in [0.29, 0.717) is 28.4 Å². The van der Waals surface area contributed by atoms with Crippen LogP contribution in [0.5, 0.6) is 5.75 Å². The van der Waals surface area contributed by atoms with Crippen molar-refractivity contribution < 1.29 is 27.3 Å². The average Bonchev–Trinajstić information content (AvgIpc) is 3.05. The van der Waals surface area contributed by atoms with Crippen molar-refractivity contribution in [3.63, 3.8) is 0 Å². The Hall–Kier alpha value is -3.86. The van der Waals surface area contributed by atoms with Crippen molar-refractivity contribution in [2.24, 2.45) is 0 Å². The zero-order valence-corrected chi connectivity index (χ0v) is 19.0. The minimum Gasteiger partial charge on any atom is -0.423 e. The van der Waals surface area contributed by atoms with Gasteiger partial charge in [0.1, 0.15) is 6.54 Å². The summed E-state index contributed by atoms with van der Waals surface area (Å²) in [7, 11) is -3.89. The molecule has 1 aliphatic rings. The predicted molar refractivity (Wildman–Crippen MR) is 121 cm³/mol. The minimum atomic E-state index is -3.89. The fourth-order valence-electron chi connectivity index (χ4n) is 3.28. The first-order chi connectivity index (χ1) is 15.6. The molecule has 0 fully saturated rings. The standard InChI is InChI=1S/C22H22N4O6S/c1-13-4-9-18-19(10-13)31-21(28)12-26(18)11-20(27)23-16-5-7-17(8-6-16)33(29,30)25-22-14(2)15(3)24-32-22/h4-10,25H,11-12H2,1-3H3,(H,23,27). The molecule has 0 radical (unpaired) electrons. The topological polar surface area (TPSA) is 131 Å². The summed E-state index contributed by atoms with van der Waals surface area (Å²) in [5, 5.41) is 6.44. The van der Waals surface area contributed by atoms with Crippen LogP contribution in [0, 0.1) is 20.8 Å². The van der Waals surface area contributed by atoms with Crippen molar-refractivity contribution in [3.05, 3.63) is 59.3 Å². The van der Waals surface area contributed by atoms with Crippen LogP contribution in [-0.4, -0.2) is 38.5 Å². The number of rotatable bonds is 6. The highest BCUT2D eigenvalue weighted by atomic mass is 32.2. The molecule has 0 bridgehead atoms. The van der Waals surface area contributed by atoms with E-state index in [-0.39, 0.29) is 29.8 Å². The number of ether oxygens (including phenoxy) is 1. The number of amides is 1. The summed E-state index contributed by atoms with van der Waals surface area (Å²) in [5.41, 5.74) is 3.19. The van der Waals surface area contributed by atoms with Gasteiger partial charge in [-0.2, -0.15) is 0 Å². The molecule has 0 saturated carbocycles. The van der Waals surface area contributed by atoms with Gasteiger partial charge in [-0.3, -0.25) is 4.79 Å². The monoisotopic (exact) mass is 470 g/mol. The number of esters is 1. The van der Waals surface area contributed by atoms with Gasteiger partial charge in [-0.1, -0.05) is 11.2 Å². The third kappa shape index (κ3) is 4.82.